The fourth-order valence-electron chi connectivity index (χ4n) is 3.04. The van der Waals surface area contributed by atoms with Gasteiger partial charge < -0.3 is 39.9 Å². The molecule has 192 valence electrons. The van der Waals surface area contributed by atoms with Crippen molar-refractivity contribution in [3.05, 3.63) is 6.33 Å². The van der Waals surface area contributed by atoms with E-state index < -0.39 is 54.2 Å². The van der Waals surface area contributed by atoms with E-state index in [1.807, 2.05) is 0 Å². The van der Waals surface area contributed by atoms with Crippen LogP contribution < -0.4 is 10.5 Å². The Kier molecular flexibility index (Phi) is 7.25. The number of aromatic nitrogens is 4. The average Bonchev–Trinajstić information content (AvgIpc) is 3.15. The van der Waals surface area contributed by atoms with Crippen LogP contribution in [0.1, 0.15) is 13.2 Å². The molecule has 2 aromatic rings. The van der Waals surface area contributed by atoms with Crippen molar-refractivity contribution in [3.8, 4) is 5.88 Å². The Labute approximate surface area is 188 Å². The van der Waals surface area contributed by atoms with Crippen LogP contribution in [0.3, 0.4) is 0 Å². The van der Waals surface area contributed by atoms with Crippen LogP contribution in [-0.4, -0.2) is 75.8 Å². The number of aliphatic hydroxyl groups is 1. The summed E-state index contributed by atoms with van der Waals surface area (Å²) in [6, 6.07) is 0. The summed E-state index contributed by atoms with van der Waals surface area (Å²) >= 11 is 0. The number of alkyl halides is 1. The molecule has 2 unspecified atom stereocenters. The molecule has 0 aromatic carbocycles. The molecule has 0 amide bonds. The van der Waals surface area contributed by atoms with E-state index >= 15 is 4.39 Å². The third-order valence-electron chi connectivity index (χ3n) is 4.39. The van der Waals surface area contributed by atoms with Crippen molar-refractivity contribution in [3.63, 3.8) is 0 Å². The lowest BCUT2D eigenvalue weighted by Gasteiger charge is -2.24. The number of phosphoric acid groups is 3. The number of aliphatic hydroxyl groups excluding tert-OH is 1. The van der Waals surface area contributed by atoms with Gasteiger partial charge in [-0.2, -0.15) is 18.6 Å². The lowest BCUT2D eigenvalue weighted by Crippen LogP contribution is -2.40. The first kappa shape index (κ1) is 27.0. The van der Waals surface area contributed by atoms with Crippen molar-refractivity contribution < 1.29 is 65.4 Å². The molecule has 2 aromatic heterocycles. The molecule has 3 rings (SSSR count). The summed E-state index contributed by atoms with van der Waals surface area (Å²) in [7, 11) is -15.6. The van der Waals surface area contributed by atoms with Gasteiger partial charge in [-0.3, -0.25) is 9.09 Å². The van der Waals surface area contributed by atoms with Crippen LogP contribution >= 0.6 is 23.5 Å². The van der Waals surface area contributed by atoms with Crippen LogP contribution in [0.4, 0.5) is 10.3 Å². The largest absolute Gasteiger partial charge is 0.490 e. The van der Waals surface area contributed by atoms with Gasteiger partial charge in [0.1, 0.15) is 12.2 Å². The summed E-state index contributed by atoms with van der Waals surface area (Å²) in [6.07, 6.45) is -4.16. The first-order valence-electron chi connectivity index (χ1n) is 8.80. The van der Waals surface area contributed by atoms with E-state index in [9.17, 15) is 23.7 Å². The van der Waals surface area contributed by atoms with Crippen LogP contribution in [0.2, 0.25) is 0 Å². The van der Waals surface area contributed by atoms with E-state index in [4.69, 9.17) is 29.9 Å². The molecule has 18 nitrogen and oxygen atoms in total. The smallest absolute Gasteiger partial charge is 0.479 e. The molecule has 34 heavy (non-hydrogen) atoms. The maximum Gasteiger partial charge on any atom is 0.490 e. The number of nitrogens with zero attached hydrogens (tertiary/aromatic N) is 4. The Bertz CT molecular complexity index is 1220. The minimum Gasteiger partial charge on any atom is -0.479 e. The van der Waals surface area contributed by atoms with E-state index in [1.165, 1.54) is 7.11 Å². The van der Waals surface area contributed by atoms with E-state index in [0.717, 1.165) is 17.8 Å². The normalized spacial score (nSPS) is 29.1. The van der Waals surface area contributed by atoms with Gasteiger partial charge in [-0.15, -0.1) is 0 Å². The molecule has 1 aliphatic heterocycles. The topological polar surface area (TPSA) is 268 Å². The van der Waals surface area contributed by atoms with Gasteiger partial charge in [0, 0.05) is 0 Å². The zero-order chi connectivity index (χ0) is 25.7. The molecule has 1 aliphatic rings. The Morgan fingerprint density at radius 1 is 1.21 bits per heavy atom. The number of rotatable bonds is 9. The molecule has 0 aliphatic carbocycles. The second-order valence-electron chi connectivity index (χ2n) is 6.92. The van der Waals surface area contributed by atoms with Crippen molar-refractivity contribution in [2.45, 2.75) is 31.0 Å². The van der Waals surface area contributed by atoms with Gasteiger partial charge in [-0.25, -0.2) is 23.1 Å². The summed E-state index contributed by atoms with van der Waals surface area (Å²) in [6.45, 7) is -0.130. The number of anilines is 1. The first-order valence-corrected chi connectivity index (χ1v) is 13.3. The number of nitrogens with two attached hydrogens (primary N) is 1. The van der Waals surface area contributed by atoms with Crippen LogP contribution in [0, 0.1) is 0 Å². The first-order chi connectivity index (χ1) is 15.5. The van der Waals surface area contributed by atoms with Crippen molar-refractivity contribution >= 4 is 40.6 Å². The Morgan fingerprint density at radius 3 is 2.44 bits per heavy atom. The van der Waals surface area contributed by atoms with Gasteiger partial charge in [0.2, 0.25) is 11.8 Å². The van der Waals surface area contributed by atoms with Crippen LogP contribution in [0.15, 0.2) is 6.33 Å². The van der Waals surface area contributed by atoms with Crippen molar-refractivity contribution in [2.24, 2.45) is 0 Å². The number of ether oxygens (including phenoxy) is 2. The summed E-state index contributed by atoms with van der Waals surface area (Å²) in [5.41, 5.74) is 3.10. The number of hydrogen-bond donors (Lipinski definition) is 6. The number of halogens is 1. The van der Waals surface area contributed by atoms with Gasteiger partial charge >= 0.3 is 23.5 Å². The highest BCUT2D eigenvalue weighted by atomic mass is 31.3. The molecule has 0 radical (unpaired) electrons. The number of nitrogen functional groups attached to an aromatic ring is 1. The van der Waals surface area contributed by atoms with E-state index in [-0.39, 0.29) is 23.0 Å². The number of methoxy groups -OCH3 is 1. The Hall–Kier alpha value is -1.59. The molecule has 7 N–H and O–H groups in total. The molecule has 3 heterocycles. The molecule has 0 bridgehead atoms. The number of imidazole rings is 1. The van der Waals surface area contributed by atoms with Crippen molar-refractivity contribution in [2.75, 3.05) is 19.5 Å². The quantitative estimate of drug-likeness (QED) is 0.218. The predicted octanol–water partition coefficient (Wildman–Crippen LogP) is -0.253. The summed E-state index contributed by atoms with van der Waals surface area (Å²) in [4.78, 5) is 47.6. The van der Waals surface area contributed by atoms with Crippen LogP contribution in [0.5, 0.6) is 5.88 Å². The zero-order valence-electron chi connectivity index (χ0n) is 17.1. The molecule has 0 saturated carbocycles. The van der Waals surface area contributed by atoms with E-state index in [2.05, 4.69) is 28.1 Å². The maximum atomic E-state index is 15.4. The molecule has 0 spiro atoms. The minimum atomic E-state index is -5.76. The summed E-state index contributed by atoms with van der Waals surface area (Å²) in [5, 5.41) is 10.4. The molecular weight excluding hydrogens is 534 g/mol. The lowest BCUT2D eigenvalue weighted by atomic mass is 9.98. The SMILES string of the molecule is COc1nc(N)nc2c1ncn2[C@@H]1O[C@H](COP(=O)(O)OP(=O)(O)OP(=O)(O)O)[C@@H](O)[C@@]1(C)F. The van der Waals surface area contributed by atoms with E-state index in [1.54, 1.807) is 0 Å². The zero-order valence-corrected chi connectivity index (χ0v) is 19.8. The van der Waals surface area contributed by atoms with Gasteiger partial charge in [0.15, 0.2) is 23.1 Å². The second-order valence-corrected chi connectivity index (χ2v) is 11.3. The summed E-state index contributed by atoms with van der Waals surface area (Å²) < 4.78 is 72.5. The van der Waals surface area contributed by atoms with Crippen molar-refractivity contribution in [1.82, 2.24) is 19.5 Å². The number of hydrogen-bond acceptors (Lipinski definition) is 13. The molecular formula is C12H19FN5O13P3. The highest BCUT2D eigenvalue weighted by Crippen LogP contribution is 2.66. The van der Waals surface area contributed by atoms with E-state index in [0.29, 0.717) is 0 Å². The highest BCUT2D eigenvalue weighted by Gasteiger charge is 2.56. The molecule has 1 fully saturated rings. The van der Waals surface area contributed by atoms with Crippen LogP contribution in [0.25, 0.3) is 11.2 Å². The average molecular weight is 553 g/mol. The van der Waals surface area contributed by atoms with Gasteiger partial charge in [-0.1, -0.05) is 0 Å². The van der Waals surface area contributed by atoms with Gasteiger partial charge in [-0.05, 0) is 6.92 Å². The number of phosphoric ester groups is 1. The van der Waals surface area contributed by atoms with Gasteiger partial charge in [0.05, 0.1) is 20.0 Å². The molecule has 1 saturated heterocycles. The molecule has 6 atom stereocenters. The lowest BCUT2D eigenvalue weighted by molar-refractivity contribution is -0.0560. The second kappa shape index (κ2) is 9.13. The predicted molar refractivity (Wildman–Crippen MR) is 106 cm³/mol. The van der Waals surface area contributed by atoms with Crippen molar-refractivity contribution in [1.29, 1.82) is 0 Å². The standard InChI is InChI=1S/C12H19FN5O13P3/c1-12(13)7(19)5(3-28-33(23,24)31-34(25,26)30-32(20,21)22)29-10(12)18-4-15-6-8(18)16-11(14)17-9(6)27-2/h4-5,7,10,19H,3H2,1-2H3,(H,23,24)(H,25,26)(H2,14,16,17)(H2,20,21,22)/t5-,7-,10-,12-/m1/s1. The van der Waals surface area contributed by atoms with Crippen LogP contribution in [-0.2, 0) is 31.6 Å². The van der Waals surface area contributed by atoms with Gasteiger partial charge in [0.25, 0.3) is 0 Å². The monoisotopic (exact) mass is 553 g/mol. The Balaban J connectivity index is 1.79. The third kappa shape index (κ3) is 5.79. The number of fused-ring (bicyclic) bond motifs is 1. The Morgan fingerprint density at radius 2 is 1.85 bits per heavy atom. The highest BCUT2D eigenvalue weighted by molar-refractivity contribution is 7.66. The maximum absolute atomic E-state index is 15.4. The minimum absolute atomic E-state index is 0.0236. The fraction of sp³-hybridized carbons (Fsp3) is 0.583. The fourth-order valence-corrected chi connectivity index (χ4v) is 6.07. The summed E-state index contributed by atoms with van der Waals surface area (Å²) in [5.74, 6) is -0.265. The third-order valence-corrected chi connectivity index (χ3v) is 8.19. The molecule has 22 heteroatoms.